The second-order valence-electron chi connectivity index (χ2n) is 5.55. The first-order valence-electron chi connectivity index (χ1n) is 8.22. The maximum Gasteiger partial charge on any atom is 0.184 e. The van der Waals surface area contributed by atoms with Crippen molar-refractivity contribution < 1.29 is 14.2 Å². The number of benzene rings is 2. The second kappa shape index (κ2) is 9.07. The standard InChI is InChI=1S/C20H25ClO3/c1-5-14-10-11-15(6-2)18(12-14)24-13-16-8-7-9-17(21)19(16)20(22-3)23-4/h7-12,20H,5-6,13H2,1-4H3. The van der Waals surface area contributed by atoms with E-state index in [4.69, 9.17) is 25.8 Å². The van der Waals surface area contributed by atoms with E-state index in [2.05, 4.69) is 32.0 Å². The molecule has 0 aromatic heterocycles. The van der Waals surface area contributed by atoms with Crippen LogP contribution in [0.4, 0.5) is 0 Å². The molecule has 4 heteroatoms. The SMILES string of the molecule is CCc1ccc(CC)c(OCc2cccc(Cl)c2C(OC)OC)c1. The lowest BCUT2D eigenvalue weighted by atomic mass is 10.1. The molecular weight excluding hydrogens is 324 g/mol. The molecule has 0 fully saturated rings. The third-order valence-corrected chi connectivity index (χ3v) is 4.44. The van der Waals surface area contributed by atoms with Crippen LogP contribution in [0.5, 0.6) is 5.75 Å². The zero-order valence-corrected chi connectivity index (χ0v) is 15.5. The summed E-state index contributed by atoms with van der Waals surface area (Å²) in [7, 11) is 3.20. The summed E-state index contributed by atoms with van der Waals surface area (Å²) in [5.74, 6) is 0.925. The van der Waals surface area contributed by atoms with Crippen molar-refractivity contribution in [3.8, 4) is 5.75 Å². The summed E-state index contributed by atoms with van der Waals surface area (Å²) in [6.45, 7) is 4.69. The van der Waals surface area contributed by atoms with Gasteiger partial charge >= 0.3 is 0 Å². The van der Waals surface area contributed by atoms with Crippen LogP contribution >= 0.6 is 11.6 Å². The van der Waals surface area contributed by atoms with Crippen LogP contribution in [0.1, 0.15) is 42.4 Å². The first-order chi connectivity index (χ1) is 11.6. The van der Waals surface area contributed by atoms with Gasteiger partial charge in [-0.25, -0.2) is 0 Å². The minimum Gasteiger partial charge on any atom is -0.489 e. The molecule has 0 atom stereocenters. The number of rotatable bonds is 8. The monoisotopic (exact) mass is 348 g/mol. The quantitative estimate of drug-likeness (QED) is 0.603. The Morgan fingerprint density at radius 1 is 0.958 bits per heavy atom. The molecule has 0 amide bonds. The summed E-state index contributed by atoms with van der Waals surface area (Å²) < 4.78 is 16.9. The highest BCUT2D eigenvalue weighted by Crippen LogP contribution is 2.31. The third-order valence-electron chi connectivity index (χ3n) is 4.11. The molecule has 24 heavy (non-hydrogen) atoms. The van der Waals surface area contributed by atoms with E-state index < -0.39 is 6.29 Å². The summed E-state index contributed by atoms with van der Waals surface area (Å²) in [6.07, 6.45) is 1.41. The Morgan fingerprint density at radius 2 is 1.71 bits per heavy atom. The van der Waals surface area contributed by atoms with Gasteiger partial charge in [0.1, 0.15) is 12.4 Å². The zero-order valence-electron chi connectivity index (χ0n) is 14.8. The van der Waals surface area contributed by atoms with Crippen molar-refractivity contribution in [1.82, 2.24) is 0 Å². The maximum absolute atomic E-state index is 6.35. The van der Waals surface area contributed by atoms with Crippen LogP contribution < -0.4 is 4.74 Å². The minimum absolute atomic E-state index is 0.416. The van der Waals surface area contributed by atoms with Crippen LogP contribution in [-0.2, 0) is 28.9 Å². The van der Waals surface area contributed by atoms with Crippen LogP contribution in [0.15, 0.2) is 36.4 Å². The van der Waals surface area contributed by atoms with Crippen molar-refractivity contribution in [2.75, 3.05) is 14.2 Å². The van der Waals surface area contributed by atoms with Crippen molar-refractivity contribution in [2.45, 2.75) is 39.6 Å². The summed E-state index contributed by atoms with van der Waals surface area (Å²) in [5, 5.41) is 0.614. The van der Waals surface area contributed by atoms with Gasteiger partial charge in [0.15, 0.2) is 6.29 Å². The lowest BCUT2D eigenvalue weighted by Gasteiger charge is -2.20. The Hall–Kier alpha value is -1.55. The van der Waals surface area contributed by atoms with Crippen molar-refractivity contribution >= 4 is 11.6 Å². The van der Waals surface area contributed by atoms with Crippen LogP contribution in [0.25, 0.3) is 0 Å². The lowest BCUT2D eigenvalue weighted by molar-refractivity contribution is -0.106. The molecule has 0 bridgehead atoms. The highest BCUT2D eigenvalue weighted by molar-refractivity contribution is 6.31. The highest BCUT2D eigenvalue weighted by atomic mass is 35.5. The lowest BCUT2D eigenvalue weighted by Crippen LogP contribution is -2.10. The van der Waals surface area contributed by atoms with Gasteiger partial charge in [0, 0.05) is 24.8 Å². The molecule has 0 N–H and O–H groups in total. The average Bonchev–Trinajstić information content (AvgIpc) is 2.62. The summed E-state index contributed by atoms with van der Waals surface area (Å²) in [6, 6.07) is 12.1. The molecular formula is C20H25ClO3. The molecule has 0 heterocycles. The highest BCUT2D eigenvalue weighted by Gasteiger charge is 2.18. The van der Waals surface area contributed by atoms with Gasteiger partial charge in [-0.05, 0) is 41.7 Å². The van der Waals surface area contributed by atoms with Crippen LogP contribution in [0.3, 0.4) is 0 Å². The molecule has 0 aliphatic heterocycles. The molecule has 130 valence electrons. The summed E-state index contributed by atoms with van der Waals surface area (Å²) in [5.41, 5.74) is 4.24. The molecule has 2 aromatic carbocycles. The van der Waals surface area contributed by atoms with E-state index in [0.717, 1.165) is 29.7 Å². The average molecular weight is 349 g/mol. The first kappa shape index (κ1) is 18.8. The van der Waals surface area contributed by atoms with Gasteiger partial charge in [0.2, 0.25) is 0 Å². The van der Waals surface area contributed by atoms with E-state index in [1.807, 2.05) is 18.2 Å². The van der Waals surface area contributed by atoms with Gasteiger partial charge in [-0.15, -0.1) is 0 Å². The van der Waals surface area contributed by atoms with Crippen LogP contribution in [0, 0.1) is 0 Å². The summed E-state index contributed by atoms with van der Waals surface area (Å²) in [4.78, 5) is 0. The molecule has 0 saturated heterocycles. The van der Waals surface area contributed by atoms with E-state index in [-0.39, 0.29) is 0 Å². The first-order valence-corrected chi connectivity index (χ1v) is 8.59. The topological polar surface area (TPSA) is 27.7 Å². The largest absolute Gasteiger partial charge is 0.489 e. The fourth-order valence-corrected chi connectivity index (χ4v) is 2.99. The molecule has 0 saturated carbocycles. The number of halogens is 1. The zero-order chi connectivity index (χ0) is 17.5. The van der Waals surface area contributed by atoms with E-state index in [1.54, 1.807) is 14.2 Å². The maximum atomic E-state index is 6.35. The number of aryl methyl sites for hydroxylation is 2. The number of ether oxygens (including phenoxy) is 3. The molecule has 2 rings (SSSR count). The second-order valence-corrected chi connectivity index (χ2v) is 5.96. The molecule has 2 aromatic rings. The Bertz CT molecular complexity index is 666. The number of hydrogen-bond donors (Lipinski definition) is 0. The van der Waals surface area contributed by atoms with Crippen molar-refractivity contribution in [3.63, 3.8) is 0 Å². The molecule has 0 spiro atoms. The van der Waals surface area contributed by atoms with Gasteiger partial charge < -0.3 is 14.2 Å². The predicted molar refractivity (Wildman–Crippen MR) is 97.7 cm³/mol. The van der Waals surface area contributed by atoms with Crippen molar-refractivity contribution in [3.05, 3.63) is 63.7 Å². The molecule has 0 aliphatic carbocycles. The fourth-order valence-electron chi connectivity index (χ4n) is 2.70. The van der Waals surface area contributed by atoms with Gasteiger partial charge in [-0.2, -0.15) is 0 Å². The Labute approximate surface area is 149 Å². The Morgan fingerprint density at radius 3 is 2.33 bits per heavy atom. The molecule has 0 aliphatic rings. The molecule has 3 nitrogen and oxygen atoms in total. The smallest absolute Gasteiger partial charge is 0.184 e. The number of methoxy groups -OCH3 is 2. The predicted octanol–water partition coefficient (Wildman–Crippen LogP) is 5.34. The van der Waals surface area contributed by atoms with Gasteiger partial charge in [0.05, 0.1) is 0 Å². The Balaban J connectivity index is 2.28. The minimum atomic E-state index is -0.509. The third kappa shape index (κ3) is 4.29. The number of hydrogen-bond acceptors (Lipinski definition) is 3. The molecule has 0 unspecified atom stereocenters. The normalized spacial score (nSPS) is 11.1. The fraction of sp³-hybridized carbons (Fsp3) is 0.400. The van der Waals surface area contributed by atoms with Crippen molar-refractivity contribution in [1.29, 1.82) is 0 Å². The van der Waals surface area contributed by atoms with E-state index >= 15 is 0 Å². The van der Waals surface area contributed by atoms with Crippen LogP contribution in [-0.4, -0.2) is 14.2 Å². The van der Waals surface area contributed by atoms with Crippen molar-refractivity contribution in [2.24, 2.45) is 0 Å². The van der Waals surface area contributed by atoms with Crippen LogP contribution in [0.2, 0.25) is 5.02 Å². The Kier molecular flexibility index (Phi) is 7.10. The van der Waals surface area contributed by atoms with Gasteiger partial charge in [-0.3, -0.25) is 0 Å². The summed E-state index contributed by atoms with van der Waals surface area (Å²) >= 11 is 6.35. The van der Waals surface area contributed by atoms with E-state index in [0.29, 0.717) is 11.6 Å². The van der Waals surface area contributed by atoms with E-state index in [1.165, 1.54) is 11.1 Å². The van der Waals surface area contributed by atoms with Gasteiger partial charge in [-0.1, -0.05) is 49.7 Å². The van der Waals surface area contributed by atoms with Gasteiger partial charge in [0.25, 0.3) is 0 Å². The molecule has 0 radical (unpaired) electrons. The van der Waals surface area contributed by atoms with E-state index in [9.17, 15) is 0 Å².